The van der Waals surface area contributed by atoms with Gasteiger partial charge in [-0.15, -0.1) is 0 Å². The SMILES string of the molecule is CCCOc1ccccc1OCC(N)C(C)(C)C. The van der Waals surface area contributed by atoms with Crippen molar-refractivity contribution in [3.63, 3.8) is 0 Å². The molecule has 0 aliphatic carbocycles. The van der Waals surface area contributed by atoms with Crippen molar-refractivity contribution in [3.8, 4) is 11.5 Å². The minimum atomic E-state index is -0.00303. The van der Waals surface area contributed by atoms with E-state index < -0.39 is 0 Å². The Morgan fingerprint density at radius 1 is 1.11 bits per heavy atom. The van der Waals surface area contributed by atoms with Crippen molar-refractivity contribution in [2.75, 3.05) is 13.2 Å². The molecule has 0 heterocycles. The number of para-hydroxylation sites is 2. The van der Waals surface area contributed by atoms with Crippen LogP contribution < -0.4 is 15.2 Å². The summed E-state index contributed by atoms with van der Waals surface area (Å²) in [7, 11) is 0. The van der Waals surface area contributed by atoms with E-state index in [1.54, 1.807) is 0 Å². The fraction of sp³-hybridized carbons (Fsp3) is 0.600. The zero-order chi connectivity index (χ0) is 13.6. The molecule has 0 aliphatic rings. The second-order valence-corrected chi connectivity index (χ2v) is 5.58. The molecular formula is C15H25NO2. The molecule has 0 amide bonds. The lowest BCUT2D eigenvalue weighted by molar-refractivity contribution is 0.196. The number of hydrogen-bond acceptors (Lipinski definition) is 3. The van der Waals surface area contributed by atoms with Crippen LogP contribution in [0.4, 0.5) is 0 Å². The molecule has 0 aliphatic heterocycles. The van der Waals surface area contributed by atoms with Crippen LogP contribution in [0.5, 0.6) is 11.5 Å². The quantitative estimate of drug-likeness (QED) is 0.844. The van der Waals surface area contributed by atoms with Crippen molar-refractivity contribution in [2.45, 2.75) is 40.2 Å². The number of rotatable bonds is 6. The maximum absolute atomic E-state index is 6.08. The number of ether oxygens (including phenoxy) is 2. The Balaban J connectivity index is 2.61. The first-order valence-electron chi connectivity index (χ1n) is 6.55. The molecular weight excluding hydrogens is 226 g/mol. The fourth-order valence-corrected chi connectivity index (χ4v) is 1.33. The van der Waals surface area contributed by atoms with Gasteiger partial charge in [-0.3, -0.25) is 0 Å². The van der Waals surface area contributed by atoms with E-state index in [0.29, 0.717) is 13.2 Å². The molecule has 1 rings (SSSR count). The summed E-state index contributed by atoms with van der Waals surface area (Å²) in [5.74, 6) is 1.56. The topological polar surface area (TPSA) is 44.5 Å². The largest absolute Gasteiger partial charge is 0.490 e. The molecule has 0 radical (unpaired) electrons. The third-order valence-electron chi connectivity index (χ3n) is 2.84. The van der Waals surface area contributed by atoms with Crippen molar-refractivity contribution < 1.29 is 9.47 Å². The monoisotopic (exact) mass is 251 g/mol. The third-order valence-corrected chi connectivity index (χ3v) is 2.84. The van der Waals surface area contributed by atoms with Gasteiger partial charge in [-0.25, -0.2) is 0 Å². The predicted molar refractivity (Wildman–Crippen MR) is 75.2 cm³/mol. The van der Waals surface area contributed by atoms with E-state index in [1.165, 1.54) is 0 Å². The normalized spacial score (nSPS) is 13.2. The lowest BCUT2D eigenvalue weighted by atomic mass is 9.88. The molecule has 1 unspecified atom stereocenters. The van der Waals surface area contributed by atoms with Crippen molar-refractivity contribution in [1.82, 2.24) is 0 Å². The second-order valence-electron chi connectivity index (χ2n) is 5.58. The van der Waals surface area contributed by atoms with Crippen LogP contribution >= 0.6 is 0 Å². The van der Waals surface area contributed by atoms with Gasteiger partial charge in [0.2, 0.25) is 0 Å². The first kappa shape index (κ1) is 14.8. The van der Waals surface area contributed by atoms with Crippen LogP contribution in [0.2, 0.25) is 0 Å². The first-order valence-corrected chi connectivity index (χ1v) is 6.55. The molecule has 102 valence electrons. The minimum absolute atomic E-state index is 0.00303. The van der Waals surface area contributed by atoms with Crippen LogP contribution in [0.15, 0.2) is 24.3 Å². The third kappa shape index (κ3) is 4.57. The van der Waals surface area contributed by atoms with E-state index in [0.717, 1.165) is 17.9 Å². The number of hydrogen-bond donors (Lipinski definition) is 1. The van der Waals surface area contributed by atoms with Gasteiger partial charge in [-0.2, -0.15) is 0 Å². The highest BCUT2D eigenvalue weighted by atomic mass is 16.5. The van der Waals surface area contributed by atoms with Crippen molar-refractivity contribution >= 4 is 0 Å². The average Bonchev–Trinajstić information content (AvgIpc) is 2.33. The molecule has 0 saturated carbocycles. The zero-order valence-electron chi connectivity index (χ0n) is 11.9. The lowest BCUT2D eigenvalue weighted by Crippen LogP contribution is -2.40. The van der Waals surface area contributed by atoms with Gasteiger partial charge in [0.25, 0.3) is 0 Å². The van der Waals surface area contributed by atoms with E-state index in [2.05, 4.69) is 27.7 Å². The van der Waals surface area contributed by atoms with E-state index in [-0.39, 0.29) is 11.5 Å². The van der Waals surface area contributed by atoms with Crippen LogP contribution in [0.1, 0.15) is 34.1 Å². The van der Waals surface area contributed by atoms with Crippen molar-refractivity contribution in [2.24, 2.45) is 11.1 Å². The summed E-state index contributed by atoms with van der Waals surface area (Å²) < 4.78 is 11.4. The Labute approximate surface area is 110 Å². The Kier molecular flexibility index (Phi) is 5.48. The molecule has 1 aromatic rings. The molecule has 3 nitrogen and oxygen atoms in total. The summed E-state index contributed by atoms with van der Waals surface area (Å²) in [6, 6.07) is 7.73. The van der Waals surface area contributed by atoms with Crippen molar-refractivity contribution in [3.05, 3.63) is 24.3 Å². The minimum Gasteiger partial charge on any atom is -0.490 e. The van der Waals surface area contributed by atoms with Gasteiger partial charge in [0.05, 0.1) is 6.61 Å². The molecule has 3 heteroatoms. The summed E-state index contributed by atoms with van der Waals surface area (Å²) in [4.78, 5) is 0. The van der Waals surface area contributed by atoms with Crippen LogP contribution in [0, 0.1) is 5.41 Å². The highest BCUT2D eigenvalue weighted by molar-refractivity contribution is 5.39. The lowest BCUT2D eigenvalue weighted by Gasteiger charge is -2.27. The van der Waals surface area contributed by atoms with Gasteiger partial charge in [-0.1, -0.05) is 39.8 Å². The first-order chi connectivity index (χ1) is 8.45. The summed E-state index contributed by atoms with van der Waals surface area (Å²) >= 11 is 0. The van der Waals surface area contributed by atoms with E-state index in [1.807, 2.05) is 24.3 Å². The molecule has 18 heavy (non-hydrogen) atoms. The Bertz CT molecular complexity index is 358. The molecule has 0 bridgehead atoms. The molecule has 2 N–H and O–H groups in total. The highest BCUT2D eigenvalue weighted by Gasteiger charge is 2.21. The van der Waals surface area contributed by atoms with Gasteiger partial charge in [0, 0.05) is 6.04 Å². The summed E-state index contributed by atoms with van der Waals surface area (Å²) in [5.41, 5.74) is 6.12. The highest BCUT2D eigenvalue weighted by Crippen LogP contribution is 2.27. The van der Waals surface area contributed by atoms with Crippen LogP contribution in [0.3, 0.4) is 0 Å². The smallest absolute Gasteiger partial charge is 0.161 e. The number of benzene rings is 1. The van der Waals surface area contributed by atoms with Crippen LogP contribution in [-0.4, -0.2) is 19.3 Å². The summed E-state index contributed by atoms with van der Waals surface area (Å²) in [6.45, 7) is 9.61. The summed E-state index contributed by atoms with van der Waals surface area (Å²) in [5, 5.41) is 0. The Hall–Kier alpha value is -1.22. The average molecular weight is 251 g/mol. The predicted octanol–water partition coefficient (Wildman–Crippen LogP) is 3.23. The molecule has 0 saturated heterocycles. The van der Waals surface area contributed by atoms with Gasteiger partial charge < -0.3 is 15.2 Å². The molecule has 0 fully saturated rings. The van der Waals surface area contributed by atoms with Gasteiger partial charge in [0.1, 0.15) is 6.61 Å². The molecule has 1 atom stereocenters. The van der Waals surface area contributed by atoms with Crippen LogP contribution in [-0.2, 0) is 0 Å². The van der Waals surface area contributed by atoms with Crippen LogP contribution in [0.25, 0.3) is 0 Å². The Morgan fingerprint density at radius 2 is 1.67 bits per heavy atom. The van der Waals surface area contributed by atoms with Gasteiger partial charge in [0.15, 0.2) is 11.5 Å². The summed E-state index contributed by atoms with van der Waals surface area (Å²) in [6.07, 6.45) is 0.982. The standard InChI is InChI=1S/C15H25NO2/c1-5-10-17-12-8-6-7-9-13(12)18-11-14(16)15(2,3)4/h6-9,14H,5,10-11,16H2,1-4H3. The number of nitrogens with two attached hydrogens (primary N) is 1. The molecule has 1 aromatic carbocycles. The van der Waals surface area contributed by atoms with E-state index in [9.17, 15) is 0 Å². The zero-order valence-corrected chi connectivity index (χ0v) is 11.9. The van der Waals surface area contributed by atoms with Crippen molar-refractivity contribution in [1.29, 1.82) is 0 Å². The van der Waals surface area contributed by atoms with Gasteiger partial charge >= 0.3 is 0 Å². The maximum atomic E-state index is 6.08. The fourth-order valence-electron chi connectivity index (χ4n) is 1.33. The van der Waals surface area contributed by atoms with E-state index >= 15 is 0 Å². The second kappa shape index (κ2) is 6.64. The molecule has 0 spiro atoms. The maximum Gasteiger partial charge on any atom is 0.161 e. The van der Waals surface area contributed by atoms with Gasteiger partial charge in [-0.05, 0) is 24.0 Å². The Morgan fingerprint density at radius 3 is 2.17 bits per heavy atom. The molecule has 0 aromatic heterocycles. The van der Waals surface area contributed by atoms with E-state index in [4.69, 9.17) is 15.2 Å².